The maximum Gasteiger partial charge on any atom is 0.276 e. The summed E-state index contributed by atoms with van der Waals surface area (Å²) in [6.45, 7) is 2.64. The number of piperidine rings is 1. The van der Waals surface area contributed by atoms with Crippen LogP contribution in [0, 0.1) is 0 Å². The molecule has 0 radical (unpaired) electrons. The van der Waals surface area contributed by atoms with Gasteiger partial charge in [-0.3, -0.25) is 14.8 Å². The minimum atomic E-state index is -0.710. The Hall–Kier alpha value is -2.79. The molecule has 2 aromatic rings. The fourth-order valence-corrected chi connectivity index (χ4v) is 4.71. The molecular weight excluding hydrogens is 456 g/mol. The Morgan fingerprint density at radius 1 is 1.09 bits per heavy atom. The van der Waals surface area contributed by atoms with Crippen LogP contribution in [0.2, 0.25) is 0 Å². The van der Waals surface area contributed by atoms with E-state index in [1.54, 1.807) is 30.8 Å². The summed E-state index contributed by atoms with van der Waals surface area (Å²) in [6, 6.07) is 12.7. The van der Waals surface area contributed by atoms with Crippen LogP contribution in [0.4, 0.5) is 0 Å². The Morgan fingerprint density at radius 3 is 2.38 bits per heavy atom. The van der Waals surface area contributed by atoms with Crippen molar-refractivity contribution >= 4 is 23.8 Å². The molecule has 0 spiro atoms. The predicted octanol–water partition coefficient (Wildman–Crippen LogP) is 2.66. The average molecular weight is 489 g/mol. The quantitative estimate of drug-likeness (QED) is 0.267. The second-order valence-electron chi connectivity index (χ2n) is 8.19. The van der Waals surface area contributed by atoms with Gasteiger partial charge in [0.15, 0.2) is 0 Å². The number of carbonyl (C=O) groups is 2. The molecule has 2 aromatic carbocycles. The van der Waals surface area contributed by atoms with Crippen molar-refractivity contribution in [2.45, 2.75) is 23.8 Å². The molecule has 0 unspecified atom stereocenters. The SMILES string of the molecule is COc1ccc(OC2CCN(Sc3cccc(C(=O)NCCN(C)C)c3C(=O)NO)CC2)cc1. The van der Waals surface area contributed by atoms with Gasteiger partial charge in [-0.2, -0.15) is 0 Å². The highest BCUT2D eigenvalue weighted by molar-refractivity contribution is 7.97. The van der Waals surface area contributed by atoms with Crippen LogP contribution in [0.3, 0.4) is 0 Å². The van der Waals surface area contributed by atoms with Gasteiger partial charge in [-0.1, -0.05) is 6.07 Å². The molecule has 10 heteroatoms. The van der Waals surface area contributed by atoms with E-state index < -0.39 is 5.91 Å². The second kappa shape index (κ2) is 12.6. The molecule has 1 aliphatic heterocycles. The maximum absolute atomic E-state index is 12.7. The number of ether oxygens (including phenoxy) is 2. The van der Waals surface area contributed by atoms with Gasteiger partial charge < -0.3 is 19.7 Å². The molecule has 34 heavy (non-hydrogen) atoms. The number of hydrogen-bond acceptors (Lipinski definition) is 8. The number of methoxy groups -OCH3 is 1. The van der Waals surface area contributed by atoms with Gasteiger partial charge in [0.2, 0.25) is 0 Å². The minimum absolute atomic E-state index is 0.0965. The smallest absolute Gasteiger partial charge is 0.276 e. The highest BCUT2D eigenvalue weighted by atomic mass is 32.2. The lowest BCUT2D eigenvalue weighted by Gasteiger charge is -2.31. The van der Waals surface area contributed by atoms with Crippen LogP contribution in [0.15, 0.2) is 47.4 Å². The zero-order chi connectivity index (χ0) is 24.5. The van der Waals surface area contributed by atoms with Gasteiger partial charge in [-0.25, -0.2) is 9.79 Å². The molecule has 0 saturated carbocycles. The zero-order valence-corrected chi connectivity index (χ0v) is 20.6. The maximum atomic E-state index is 12.7. The number of hydroxylamine groups is 1. The van der Waals surface area contributed by atoms with Gasteiger partial charge in [0, 0.05) is 31.1 Å². The van der Waals surface area contributed by atoms with Crippen molar-refractivity contribution in [1.82, 2.24) is 20.0 Å². The van der Waals surface area contributed by atoms with Crippen LogP contribution in [-0.4, -0.2) is 79.7 Å². The van der Waals surface area contributed by atoms with E-state index in [0.717, 1.165) is 37.4 Å². The van der Waals surface area contributed by atoms with E-state index in [4.69, 9.17) is 9.47 Å². The van der Waals surface area contributed by atoms with Crippen LogP contribution in [0.25, 0.3) is 0 Å². The summed E-state index contributed by atoms with van der Waals surface area (Å²) in [7, 11) is 5.46. The molecule has 0 aliphatic carbocycles. The Bertz CT molecular complexity index is 962. The first-order valence-electron chi connectivity index (χ1n) is 11.1. The number of hydrogen-bond donors (Lipinski definition) is 3. The van der Waals surface area contributed by atoms with Crippen LogP contribution in [-0.2, 0) is 0 Å². The lowest BCUT2D eigenvalue weighted by Crippen LogP contribution is -2.35. The van der Waals surface area contributed by atoms with Crippen LogP contribution in [0.5, 0.6) is 11.5 Å². The van der Waals surface area contributed by atoms with Crippen molar-refractivity contribution in [3.05, 3.63) is 53.6 Å². The molecule has 0 atom stereocenters. The molecule has 1 fully saturated rings. The van der Waals surface area contributed by atoms with Crippen molar-refractivity contribution < 1.29 is 24.3 Å². The largest absolute Gasteiger partial charge is 0.497 e. The standard InChI is InChI=1S/C24H32N4O5S/c1-27(2)16-13-25-23(29)20-5-4-6-21(22(20)24(30)26-31)34-28-14-11-19(12-15-28)33-18-9-7-17(32-3)8-10-18/h4-10,19,31H,11-16H2,1-3H3,(H,25,29)(H,26,30). The number of likely N-dealkylation sites (N-methyl/N-ethyl adjacent to an activating group) is 1. The summed E-state index contributed by atoms with van der Waals surface area (Å²) in [4.78, 5) is 27.8. The highest BCUT2D eigenvalue weighted by Gasteiger charge is 2.25. The van der Waals surface area contributed by atoms with Crippen LogP contribution >= 0.6 is 11.9 Å². The molecular formula is C24H32N4O5S. The first-order chi connectivity index (χ1) is 16.4. The summed E-state index contributed by atoms with van der Waals surface area (Å²) < 4.78 is 13.4. The summed E-state index contributed by atoms with van der Waals surface area (Å²) in [5.74, 6) is 0.532. The van der Waals surface area contributed by atoms with E-state index in [-0.39, 0.29) is 23.1 Å². The van der Waals surface area contributed by atoms with Gasteiger partial charge in [0.1, 0.15) is 17.6 Å². The second-order valence-corrected chi connectivity index (χ2v) is 9.33. The van der Waals surface area contributed by atoms with Gasteiger partial charge >= 0.3 is 0 Å². The molecule has 1 heterocycles. The fourth-order valence-electron chi connectivity index (χ4n) is 3.60. The van der Waals surface area contributed by atoms with Gasteiger partial charge in [0.25, 0.3) is 11.8 Å². The monoisotopic (exact) mass is 488 g/mol. The molecule has 2 amide bonds. The lowest BCUT2D eigenvalue weighted by molar-refractivity contribution is 0.0698. The molecule has 0 aromatic heterocycles. The van der Waals surface area contributed by atoms with E-state index >= 15 is 0 Å². The van der Waals surface area contributed by atoms with Gasteiger partial charge in [-0.15, -0.1) is 0 Å². The van der Waals surface area contributed by atoms with Crippen molar-refractivity contribution in [3.8, 4) is 11.5 Å². The third-order valence-corrected chi connectivity index (χ3v) is 6.59. The number of rotatable bonds is 10. The normalized spacial score (nSPS) is 14.6. The predicted molar refractivity (Wildman–Crippen MR) is 131 cm³/mol. The van der Waals surface area contributed by atoms with Crippen molar-refractivity contribution in [2.24, 2.45) is 0 Å². The summed E-state index contributed by atoms with van der Waals surface area (Å²) in [5.41, 5.74) is 2.07. The molecule has 3 N–H and O–H groups in total. The highest BCUT2D eigenvalue weighted by Crippen LogP contribution is 2.32. The summed E-state index contributed by atoms with van der Waals surface area (Å²) >= 11 is 1.41. The molecule has 1 aliphatic rings. The Morgan fingerprint density at radius 2 is 1.76 bits per heavy atom. The van der Waals surface area contributed by atoms with Crippen LogP contribution < -0.4 is 20.3 Å². The Kier molecular flexibility index (Phi) is 9.58. The topological polar surface area (TPSA) is 103 Å². The third kappa shape index (κ3) is 7.10. The van der Waals surface area contributed by atoms with E-state index in [2.05, 4.69) is 9.62 Å². The number of nitrogens with one attached hydrogen (secondary N) is 2. The summed E-state index contributed by atoms with van der Waals surface area (Å²) in [6.07, 6.45) is 1.75. The van der Waals surface area contributed by atoms with Gasteiger partial charge in [-0.05, 0) is 75.3 Å². The van der Waals surface area contributed by atoms with E-state index in [0.29, 0.717) is 18.0 Å². The number of benzene rings is 2. The van der Waals surface area contributed by atoms with Crippen LogP contribution in [0.1, 0.15) is 33.6 Å². The number of nitrogens with zero attached hydrogens (tertiary/aromatic N) is 2. The summed E-state index contributed by atoms with van der Waals surface area (Å²) in [5, 5.41) is 12.1. The fraction of sp³-hybridized carbons (Fsp3) is 0.417. The average Bonchev–Trinajstić information content (AvgIpc) is 2.84. The number of carbonyl (C=O) groups excluding carboxylic acids is 2. The molecule has 0 bridgehead atoms. The third-order valence-electron chi connectivity index (χ3n) is 5.43. The molecule has 3 rings (SSSR count). The van der Waals surface area contributed by atoms with E-state index in [1.165, 1.54) is 11.9 Å². The first kappa shape index (κ1) is 25.8. The lowest BCUT2D eigenvalue weighted by atomic mass is 10.1. The number of amides is 2. The minimum Gasteiger partial charge on any atom is -0.497 e. The zero-order valence-electron chi connectivity index (χ0n) is 19.7. The van der Waals surface area contributed by atoms with Crippen molar-refractivity contribution in [3.63, 3.8) is 0 Å². The first-order valence-corrected chi connectivity index (χ1v) is 11.9. The Labute approximate surface area is 204 Å². The van der Waals surface area contributed by atoms with E-state index in [9.17, 15) is 14.8 Å². The van der Waals surface area contributed by atoms with Crippen molar-refractivity contribution in [1.29, 1.82) is 0 Å². The van der Waals surface area contributed by atoms with E-state index in [1.807, 2.05) is 43.3 Å². The molecule has 9 nitrogen and oxygen atoms in total. The molecule has 184 valence electrons. The van der Waals surface area contributed by atoms with Gasteiger partial charge in [0.05, 0.1) is 18.2 Å². The Balaban J connectivity index is 1.63. The molecule has 1 saturated heterocycles. The van der Waals surface area contributed by atoms with Crippen molar-refractivity contribution in [2.75, 3.05) is 47.4 Å².